The number of ketones is 1. The van der Waals surface area contributed by atoms with E-state index in [1.807, 2.05) is 12.4 Å². The van der Waals surface area contributed by atoms with Gasteiger partial charge in [0.25, 0.3) is 0 Å². The number of carbonyl (C=O) groups excluding carboxylic acids is 1. The number of hydrogen-bond acceptors (Lipinski definition) is 3. The van der Waals surface area contributed by atoms with Gasteiger partial charge >= 0.3 is 0 Å². The first kappa shape index (κ1) is 12.0. The van der Waals surface area contributed by atoms with E-state index in [4.69, 9.17) is 0 Å². The molecule has 3 nitrogen and oxygen atoms in total. The van der Waals surface area contributed by atoms with Gasteiger partial charge in [-0.25, -0.2) is 0 Å². The lowest BCUT2D eigenvalue weighted by atomic mass is 9.79. The first-order chi connectivity index (χ1) is 8.69. The zero-order chi connectivity index (χ0) is 12.7. The summed E-state index contributed by atoms with van der Waals surface area (Å²) in [6, 6.07) is 2.07. The van der Waals surface area contributed by atoms with Gasteiger partial charge in [0.05, 0.1) is 5.69 Å². The normalized spacial score (nSPS) is 27.6. The molecule has 18 heavy (non-hydrogen) atoms. The van der Waals surface area contributed by atoms with Crippen LogP contribution in [0.4, 0.5) is 0 Å². The lowest BCUT2D eigenvalue weighted by molar-refractivity contribution is -0.127. The zero-order valence-electron chi connectivity index (χ0n) is 10.3. The number of Topliss-reactive ketones (excluding diaryl/α,β-unsaturated/α-hetero) is 1. The summed E-state index contributed by atoms with van der Waals surface area (Å²) in [6.45, 7) is 0. The van der Waals surface area contributed by atoms with E-state index < -0.39 is 0 Å². The van der Waals surface area contributed by atoms with Crippen molar-refractivity contribution in [3.05, 3.63) is 28.0 Å². The van der Waals surface area contributed by atoms with Gasteiger partial charge in [0.2, 0.25) is 0 Å². The molecule has 4 heteroatoms. The molecule has 0 N–H and O–H groups in total. The number of pyridine rings is 1. The molecule has 1 unspecified atom stereocenters. The Balaban J connectivity index is 1.79. The Bertz CT molecular complexity index is 519. The van der Waals surface area contributed by atoms with E-state index in [2.05, 4.69) is 32.0 Å². The van der Waals surface area contributed by atoms with E-state index in [0.717, 1.165) is 28.6 Å². The first-order valence-corrected chi connectivity index (χ1v) is 7.07. The van der Waals surface area contributed by atoms with Crippen molar-refractivity contribution in [3.63, 3.8) is 0 Å². The third kappa shape index (κ3) is 2.14. The zero-order valence-corrected chi connectivity index (χ0v) is 11.9. The largest absolute Gasteiger partial charge is 0.300 e. The van der Waals surface area contributed by atoms with Gasteiger partial charge in [-0.05, 0) is 40.3 Å². The van der Waals surface area contributed by atoms with E-state index in [-0.39, 0.29) is 0 Å². The molecule has 0 radical (unpaired) electrons. The smallest absolute Gasteiger partial charge is 0.133 e. The monoisotopic (exact) mass is 306 g/mol. The van der Waals surface area contributed by atoms with E-state index in [1.165, 1.54) is 6.42 Å². The molecule has 2 aliphatic rings. The standard InChI is InChI=1S/C14H15BrN2O/c1-16-6-9-2-10(15)7-17-14(9)13-5-12(13)8-3-11(18)4-8/h2,6-8,12-13H,3-5H2,1H3/t12-,13?/m1/s1. The van der Waals surface area contributed by atoms with Crippen LogP contribution >= 0.6 is 15.9 Å². The number of aromatic nitrogens is 1. The molecule has 1 aromatic heterocycles. The Morgan fingerprint density at radius 3 is 2.94 bits per heavy atom. The van der Waals surface area contributed by atoms with Crippen molar-refractivity contribution >= 4 is 27.9 Å². The van der Waals surface area contributed by atoms with E-state index in [9.17, 15) is 4.79 Å². The number of aliphatic imine (C=N–C) groups is 1. The molecule has 0 saturated heterocycles. The van der Waals surface area contributed by atoms with E-state index in [0.29, 0.717) is 23.5 Å². The van der Waals surface area contributed by atoms with Crippen LogP contribution in [0.5, 0.6) is 0 Å². The Morgan fingerprint density at radius 2 is 2.28 bits per heavy atom. The van der Waals surface area contributed by atoms with Crippen LogP contribution in [-0.2, 0) is 4.79 Å². The van der Waals surface area contributed by atoms with Gasteiger partial charge in [0.1, 0.15) is 5.78 Å². The number of rotatable bonds is 3. The lowest BCUT2D eigenvalue weighted by Gasteiger charge is -2.24. The van der Waals surface area contributed by atoms with Gasteiger partial charge in [-0.2, -0.15) is 0 Å². The molecule has 0 amide bonds. The molecule has 2 atom stereocenters. The average Bonchev–Trinajstić information content (AvgIpc) is 3.05. The molecule has 0 spiro atoms. The van der Waals surface area contributed by atoms with Crippen molar-refractivity contribution in [1.29, 1.82) is 0 Å². The summed E-state index contributed by atoms with van der Waals surface area (Å²) in [5.41, 5.74) is 2.25. The van der Waals surface area contributed by atoms with E-state index in [1.54, 1.807) is 7.05 Å². The third-order valence-corrected chi connectivity index (χ3v) is 4.39. The molecule has 94 valence electrons. The number of nitrogens with zero attached hydrogens (tertiary/aromatic N) is 2. The maximum Gasteiger partial charge on any atom is 0.133 e. The molecule has 1 aromatic rings. The van der Waals surface area contributed by atoms with Gasteiger partial charge in [0, 0.05) is 48.3 Å². The minimum absolute atomic E-state index is 0.421. The van der Waals surface area contributed by atoms with Crippen LogP contribution in [0, 0.1) is 11.8 Å². The van der Waals surface area contributed by atoms with Gasteiger partial charge < -0.3 is 0 Å². The summed E-state index contributed by atoms with van der Waals surface area (Å²) in [5, 5.41) is 0. The van der Waals surface area contributed by atoms with Crippen LogP contribution in [-0.4, -0.2) is 24.0 Å². The topological polar surface area (TPSA) is 42.3 Å². The highest BCUT2D eigenvalue weighted by atomic mass is 79.9. The van der Waals surface area contributed by atoms with Crippen LogP contribution in [0.15, 0.2) is 21.7 Å². The van der Waals surface area contributed by atoms with Crippen LogP contribution in [0.3, 0.4) is 0 Å². The number of hydrogen-bond donors (Lipinski definition) is 0. The third-order valence-electron chi connectivity index (χ3n) is 3.96. The average molecular weight is 307 g/mol. The van der Waals surface area contributed by atoms with Crippen molar-refractivity contribution in [2.45, 2.75) is 25.2 Å². The Hall–Kier alpha value is -1.03. The molecule has 2 saturated carbocycles. The molecular weight excluding hydrogens is 292 g/mol. The van der Waals surface area contributed by atoms with E-state index >= 15 is 0 Å². The number of carbonyl (C=O) groups is 1. The fourth-order valence-corrected chi connectivity index (χ4v) is 3.24. The predicted molar refractivity (Wildman–Crippen MR) is 74.0 cm³/mol. The highest BCUT2D eigenvalue weighted by molar-refractivity contribution is 9.10. The van der Waals surface area contributed by atoms with Crippen LogP contribution in [0.2, 0.25) is 0 Å². The highest BCUT2D eigenvalue weighted by Gasteiger charge is 2.49. The lowest BCUT2D eigenvalue weighted by Crippen LogP contribution is -2.25. The summed E-state index contributed by atoms with van der Waals surface area (Å²) in [4.78, 5) is 19.7. The minimum Gasteiger partial charge on any atom is -0.300 e. The quantitative estimate of drug-likeness (QED) is 0.806. The summed E-state index contributed by atoms with van der Waals surface area (Å²) < 4.78 is 0.983. The molecular formula is C14H15BrN2O. The van der Waals surface area contributed by atoms with Crippen molar-refractivity contribution < 1.29 is 4.79 Å². The molecule has 0 bridgehead atoms. The molecule has 0 aromatic carbocycles. The van der Waals surface area contributed by atoms with Crippen LogP contribution < -0.4 is 0 Å². The summed E-state index contributed by atoms with van der Waals surface area (Å²) in [5.74, 6) is 2.23. The molecule has 3 rings (SSSR count). The maximum atomic E-state index is 11.1. The van der Waals surface area contributed by atoms with Crippen LogP contribution in [0.1, 0.15) is 36.4 Å². The number of halogens is 1. The van der Waals surface area contributed by atoms with Gasteiger partial charge in [0.15, 0.2) is 0 Å². The predicted octanol–water partition coefficient (Wildman–Crippen LogP) is 2.98. The Morgan fingerprint density at radius 1 is 1.50 bits per heavy atom. The fourth-order valence-electron chi connectivity index (χ4n) is 2.90. The molecule has 1 heterocycles. The second-order valence-electron chi connectivity index (χ2n) is 5.23. The maximum absolute atomic E-state index is 11.1. The van der Waals surface area contributed by atoms with Crippen LogP contribution in [0.25, 0.3) is 0 Å². The summed E-state index contributed by atoms with van der Waals surface area (Å²) in [6.07, 6.45) is 6.47. The molecule has 0 aliphatic heterocycles. The fraction of sp³-hybridized carbons (Fsp3) is 0.500. The van der Waals surface area contributed by atoms with Gasteiger partial charge in [-0.3, -0.25) is 14.8 Å². The van der Waals surface area contributed by atoms with Gasteiger partial charge in [-0.15, -0.1) is 0 Å². The first-order valence-electron chi connectivity index (χ1n) is 6.28. The minimum atomic E-state index is 0.421. The molecule has 2 fully saturated rings. The van der Waals surface area contributed by atoms with Crippen molar-refractivity contribution in [2.75, 3.05) is 7.05 Å². The van der Waals surface area contributed by atoms with Gasteiger partial charge in [-0.1, -0.05) is 0 Å². The Kier molecular flexibility index (Phi) is 3.06. The highest BCUT2D eigenvalue weighted by Crippen LogP contribution is 2.56. The van der Waals surface area contributed by atoms with Crippen molar-refractivity contribution in [1.82, 2.24) is 4.98 Å². The summed E-state index contributed by atoms with van der Waals surface area (Å²) >= 11 is 3.44. The second-order valence-corrected chi connectivity index (χ2v) is 6.14. The Labute approximate surface area is 115 Å². The van der Waals surface area contributed by atoms with Crippen molar-refractivity contribution in [3.8, 4) is 0 Å². The van der Waals surface area contributed by atoms with Crippen molar-refractivity contribution in [2.24, 2.45) is 16.8 Å². The molecule has 2 aliphatic carbocycles. The summed E-state index contributed by atoms with van der Waals surface area (Å²) in [7, 11) is 1.78. The second kappa shape index (κ2) is 4.57. The SMILES string of the molecule is CN=Cc1cc(Br)cnc1C1C[C@@H]1C1CC(=O)C1.